The van der Waals surface area contributed by atoms with Gasteiger partial charge in [-0.15, -0.1) is 0 Å². The Balaban J connectivity index is 1.60. The van der Waals surface area contributed by atoms with Gasteiger partial charge in [-0.25, -0.2) is 0 Å². The Morgan fingerprint density at radius 1 is 1.18 bits per heavy atom. The standard InChI is InChI=1S/C13H23NO2S/c15-12-2-1-11(7-12)9-14-13(16)8-10-3-5-17-6-4-10/h10-12,15H,1-9H2,(H,14,16). The molecule has 2 N–H and O–H groups in total. The minimum Gasteiger partial charge on any atom is -0.393 e. The van der Waals surface area contributed by atoms with Crippen LogP contribution in [0.4, 0.5) is 0 Å². The summed E-state index contributed by atoms with van der Waals surface area (Å²) < 4.78 is 0. The van der Waals surface area contributed by atoms with E-state index in [0.717, 1.165) is 25.8 Å². The van der Waals surface area contributed by atoms with Gasteiger partial charge in [-0.3, -0.25) is 4.79 Å². The third-order valence-corrected chi connectivity index (χ3v) is 4.97. The van der Waals surface area contributed by atoms with Gasteiger partial charge in [-0.2, -0.15) is 11.8 Å². The summed E-state index contributed by atoms with van der Waals surface area (Å²) in [5.41, 5.74) is 0. The number of hydrogen-bond donors (Lipinski definition) is 2. The Morgan fingerprint density at radius 2 is 1.94 bits per heavy atom. The second-order valence-electron chi connectivity index (χ2n) is 5.40. The maximum Gasteiger partial charge on any atom is 0.220 e. The van der Waals surface area contributed by atoms with Crippen molar-refractivity contribution < 1.29 is 9.90 Å². The van der Waals surface area contributed by atoms with Crippen LogP contribution in [0.3, 0.4) is 0 Å². The fraction of sp³-hybridized carbons (Fsp3) is 0.923. The predicted octanol–water partition coefficient (Wildman–Crippen LogP) is 1.80. The number of aliphatic hydroxyl groups is 1. The third-order valence-electron chi connectivity index (χ3n) is 3.92. The van der Waals surface area contributed by atoms with E-state index in [-0.39, 0.29) is 12.0 Å². The van der Waals surface area contributed by atoms with E-state index in [0.29, 0.717) is 18.3 Å². The second kappa shape index (κ2) is 6.64. The zero-order valence-corrected chi connectivity index (χ0v) is 11.2. The van der Waals surface area contributed by atoms with Gasteiger partial charge in [0.05, 0.1) is 6.10 Å². The van der Waals surface area contributed by atoms with Gasteiger partial charge in [-0.1, -0.05) is 0 Å². The average Bonchev–Trinajstić information content (AvgIpc) is 2.74. The molecule has 98 valence electrons. The minimum absolute atomic E-state index is 0.132. The lowest BCUT2D eigenvalue weighted by atomic mass is 9.98. The van der Waals surface area contributed by atoms with Crippen molar-refractivity contribution in [3.05, 3.63) is 0 Å². The maximum atomic E-state index is 11.8. The summed E-state index contributed by atoms with van der Waals surface area (Å²) in [6.45, 7) is 0.761. The van der Waals surface area contributed by atoms with Crippen molar-refractivity contribution in [2.75, 3.05) is 18.1 Å². The lowest BCUT2D eigenvalue weighted by Crippen LogP contribution is -2.30. The van der Waals surface area contributed by atoms with Crippen molar-refractivity contribution in [1.29, 1.82) is 0 Å². The Hall–Kier alpha value is -0.220. The van der Waals surface area contributed by atoms with Crippen molar-refractivity contribution in [1.82, 2.24) is 5.32 Å². The second-order valence-corrected chi connectivity index (χ2v) is 6.62. The lowest BCUT2D eigenvalue weighted by Gasteiger charge is -2.21. The number of hydrogen-bond acceptors (Lipinski definition) is 3. The van der Waals surface area contributed by atoms with Crippen LogP contribution in [0.5, 0.6) is 0 Å². The van der Waals surface area contributed by atoms with E-state index in [9.17, 15) is 9.90 Å². The fourth-order valence-corrected chi connectivity index (χ4v) is 3.98. The quantitative estimate of drug-likeness (QED) is 0.807. The topological polar surface area (TPSA) is 49.3 Å². The molecule has 0 aromatic rings. The molecule has 1 saturated heterocycles. The Morgan fingerprint density at radius 3 is 2.59 bits per heavy atom. The van der Waals surface area contributed by atoms with Gasteiger partial charge in [0.1, 0.15) is 0 Å². The number of carbonyl (C=O) groups excluding carboxylic acids is 1. The molecule has 1 heterocycles. The van der Waals surface area contributed by atoms with E-state index in [1.165, 1.54) is 24.3 Å². The van der Waals surface area contributed by atoms with Crippen molar-refractivity contribution in [3.8, 4) is 0 Å². The molecule has 1 aliphatic carbocycles. The van der Waals surface area contributed by atoms with Crippen molar-refractivity contribution >= 4 is 17.7 Å². The summed E-state index contributed by atoms with van der Waals surface area (Å²) in [6.07, 6.45) is 5.78. The summed E-state index contributed by atoms with van der Waals surface area (Å²) >= 11 is 2.00. The van der Waals surface area contributed by atoms with Crippen molar-refractivity contribution in [2.45, 2.75) is 44.6 Å². The summed E-state index contributed by atoms with van der Waals surface area (Å²) in [5, 5.41) is 12.4. The SMILES string of the molecule is O=C(CC1CCSCC1)NCC1CCC(O)C1. The van der Waals surface area contributed by atoms with E-state index in [1.54, 1.807) is 0 Å². The lowest BCUT2D eigenvalue weighted by molar-refractivity contribution is -0.122. The molecule has 2 fully saturated rings. The first-order chi connectivity index (χ1) is 8.24. The number of nitrogens with one attached hydrogen (secondary N) is 1. The van der Waals surface area contributed by atoms with Crippen molar-refractivity contribution in [2.24, 2.45) is 11.8 Å². The largest absolute Gasteiger partial charge is 0.393 e. The monoisotopic (exact) mass is 257 g/mol. The van der Waals surface area contributed by atoms with E-state index in [1.807, 2.05) is 11.8 Å². The van der Waals surface area contributed by atoms with Crippen LogP contribution in [0.15, 0.2) is 0 Å². The average molecular weight is 257 g/mol. The number of amides is 1. The van der Waals surface area contributed by atoms with Crippen LogP contribution < -0.4 is 5.32 Å². The van der Waals surface area contributed by atoms with Crippen LogP contribution in [0.2, 0.25) is 0 Å². The van der Waals surface area contributed by atoms with E-state index in [4.69, 9.17) is 0 Å². The van der Waals surface area contributed by atoms with Crippen LogP contribution >= 0.6 is 11.8 Å². The molecule has 2 atom stereocenters. The molecular weight excluding hydrogens is 234 g/mol. The van der Waals surface area contributed by atoms with Crippen LogP contribution in [0.1, 0.15) is 38.5 Å². The third kappa shape index (κ3) is 4.51. The molecule has 1 amide bonds. The minimum atomic E-state index is -0.132. The highest BCUT2D eigenvalue weighted by atomic mass is 32.2. The molecule has 4 heteroatoms. The highest BCUT2D eigenvalue weighted by Gasteiger charge is 2.23. The van der Waals surface area contributed by atoms with Gasteiger partial charge >= 0.3 is 0 Å². The smallest absolute Gasteiger partial charge is 0.220 e. The molecule has 2 unspecified atom stereocenters. The zero-order chi connectivity index (χ0) is 12.1. The van der Waals surface area contributed by atoms with Gasteiger partial charge < -0.3 is 10.4 Å². The molecule has 2 rings (SSSR count). The van der Waals surface area contributed by atoms with Gasteiger partial charge in [0.25, 0.3) is 0 Å². The molecule has 2 aliphatic rings. The van der Waals surface area contributed by atoms with Crippen LogP contribution in [-0.2, 0) is 4.79 Å². The fourth-order valence-electron chi connectivity index (χ4n) is 2.78. The van der Waals surface area contributed by atoms with Gasteiger partial charge in [0, 0.05) is 13.0 Å². The van der Waals surface area contributed by atoms with E-state index >= 15 is 0 Å². The first-order valence-corrected chi connectivity index (χ1v) is 7.92. The Kier molecular flexibility index (Phi) is 5.16. The number of carbonyl (C=O) groups is 1. The van der Waals surface area contributed by atoms with Crippen LogP contribution in [0.25, 0.3) is 0 Å². The van der Waals surface area contributed by atoms with E-state index in [2.05, 4.69) is 5.32 Å². The molecular formula is C13H23NO2S. The van der Waals surface area contributed by atoms with Gasteiger partial charge in [0.2, 0.25) is 5.91 Å². The molecule has 1 aliphatic heterocycles. The Labute approximate surface area is 108 Å². The number of rotatable bonds is 4. The van der Waals surface area contributed by atoms with Gasteiger partial charge in [0.15, 0.2) is 0 Å². The molecule has 17 heavy (non-hydrogen) atoms. The first-order valence-electron chi connectivity index (χ1n) is 6.76. The van der Waals surface area contributed by atoms with Crippen molar-refractivity contribution in [3.63, 3.8) is 0 Å². The molecule has 0 aromatic carbocycles. The summed E-state index contributed by atoms with van der Waals surface area (Å²) in [6, 6.07) is 0. The highest BCUT2D eigenvalue weighted by molar-refractivity contribution is 7.99. The molecule has 0 radical (unpaired) electrons. The zero-order valence-electron chi connectivity index (χ0n) is 10.4. The molecule has 0 spiro atoms. The Bertz CT molecular complexity index is 254. The van der Waals surface area contributed by atoms with Crippen LogP contribution in [-0.4, -0.2) is 35.2 Å². The van der Waals surface area contributed by atoms with Gasteiger partial charge in [-0.05, 0) is 55.4 Å². The predicted molar refractivity (Wildman–Crippen MR) is 71.0 cm³/mol. The molecule has 1 saturated carbocycles. The summed E-state index contributed by atoms with van der Waals surface area (Å²) in [4.78, 5) is 11.8. The van der Waals surface area contributed by atoms with Crippen LogP contribution in [0, 0.1) is 11.8 Å². The number of aliphatic hydroxyl groups excluding tert-OH is 1. The molecule has 3 nitrogen and oxygen atoms in total. The highest BCUT2D eigenvalue weighted by Crippen LogP contribution is 2.26. The first kappa shape index (κ1) is 13.2. The summed E-state index contributed by atoms with van der Waals surface area (Å²) in [7, 11) is 0. The summed E-state index contributed by atoms with van der Waals surface area (Å²) in [5.74, 6) is 3.74. The van der Waals surface area contributed by atoms with E-state index < -0.39 is 0 Å². The number of thioether (sulfide) groups is 1. The molecule has 0 bridgehead atoms. The normalized spacial score (nSPS) is 30.4. The maximum absolute atomic E-state index is 11.8. The molecule has 0 aromatic heterocycles.